The van der Waals surface area contributed by atoms with Gasteiger partial charge in [-0.25, -0.2) is 0 Å². The summed E-state index contributed by atoms with van der Waals surface area (Å²) in [4.78, 5) is 11.0. The Morgan fingerprint density at radius 1 is 1.80 bits per heavy atom. The zero-order valence-electron chi connectivity index (χ0n) is 8.78. The molecule has 6 heteroatoms. The molecule has 0 bridgehead atoms. The molecular formula is C9H15N3O2S. The van der Waals surface area contributed by atoms with E-state index >= 15 is 0 Å². The van der Waals surface area contributed by atoms with Crippen LogP contribution in [0.5, 0.6) is 0 Å². The van der Waals surface area contributed by atoms with Crippen molar-refractivity contribution in [2.45, 2.75) is 26.7 Å². The Morgan fingerprint density at radius 2 is 2.40 bits per heavy atom. The molecule has 0 saturated heterocycles. The first-order chi connectivity index (χ1) is 6.85. The highest BCUT2D eigenvalue weighted by molar-refractivity contribution is 7.80. The molecule has 1 aliphatic carbocycles. The second-order valence-electron chi connectivity index (χ2n) is 4.23. The Balaban J connectivity index is 2.76. The van der Waals surface area contributed by atoms with Crippen LogP contribution in [0.4, 0.5) is 0 Å². The highest BCUT2D eigenvalue weighted by Gasteiger charge is 2.43. The zero-order chi connectivity index (χ0) is 11.6. The van der Waals surface area contributed by atoms with E-state index in [-0.39, 0.29) is 11.0 Å². The average molecular weight is 229 g/mol. The predicted octanol–water partition coefficient (Wildman–Crippen LogP) is 0.696. The summed E-state index contributed by atoms with van der Waals surface area (Å²) in [5.74, 6) is -0.636. The number of nitrogens with two attached hydrogens (primary N) is 1. The molecule has 84 valence electrons. The highest BCUT2D eigenvalue weighted by Crippen LogP contribution is 2.39. The molecule has 1 fully saturated rings. The first-order valence-corrected chi connectivity index (χ1v) is 5.11. The SMILES string of the molecule is C[C@@H]1C[C@@](C)(C(=O)O)C/C1=N/NC(N)=S. The van der Waals surface area contributed by atoms with Gasteiger partial charge >= 0.3 is 5.97 Å². The number of hydrazone groups is 1. The van der Waals surface area contributed by atoms with E-state index in [1.54, 1.807) is 6.92 Å². The molecule has 0 amide bonds. The van der Waals surface area contributed by atoms with Crippen LogP contribution < -0.4 is 11.2 Å². The number of nitrogens with zero attached hydrogens (tertiary/aromatic N) is 1. The predicted molar refractivity (Wildman–Crippen MR) is 61.5 cm³/mol. The Bertz CT molecular complexity index is 329. The van der Waals surface area contributed by atoms with Crippen molar-refractivity contribution < 1.29 is 9.90 Å². The van der Waals surface area contributed by atoms with Crippen LogP contribution >= 0.6 is 12.2 Å². The third kappa shape index (κ3) is 2.65. The van der Waals surface area contributed by atoms with Crippen LogP contribution in [0.25, 0.3) is 0 Å². The molecule has 1 rings (SSSR count). The molecule has 0 aromatic carbocycles. The van der Waals surface area contributed by atoms with E-state index in [1.165, 1.54) is 0 Å². The lowest BCUT2D eigenvalue weighted by Crippen LogP contribution is -2.27. The maximum absolute atomic E-state index is 11.0. The van der Waals surface area contributed by atoms with Gasteiger partial charge in [-0.3, -0.25) is 10.2 Å². The molecule has 0 radical (unpaired) electrons. The summed E-state index contributed by atoms with van der Waals surface area (Å²) in [5.41, 5.74) is 7.84. The molecule has 5 nitrogen and oxygen atoms in total. The Hall–Kier alpha value is -1.17. The Labute approximate surface area is 93.7 Å². The minimum absolute atomic E-state index is 0.0960. The van der Waals surface area contributed by atoms with E-state index in [0.29, 0.717) is 12.8 Å². The van der Waals surface area contributed by atoms with Gasteiger partial charge in [-0.05, 0) is 31.5 Å². The van der Waals surface area contributed by atoms with E-state index in [4.69, 9.17) is 10.8 Å². The van der Waals surface area contributed by atoms with Crippen molar-refractivity contribution in [2.75, 3.05) is 0 Å². The lowest BCUT2D eigenvalue weighted by Gasteiger charge is -2.15. The number of thiocarbonyl (C=S) groups is 1. The standard InChI is InChI=1S/C9H15N3O2S/c1-5-3-9(2,7(13)14)4-6(5)11-12-8(10)15/h5H,3-4H2,1-2H3,(H,13,14)(H3,10,12,15)/b11-6-/t5-,9-/m1/s1. The molecule has 4 N–H and O–H groups in total. The van der Waals surface area contributed by atoms with Crippen LogP contribution in [-0.2, 0) is 4.79 Å². The molecule has 15 heavy (non-hydrogen) atoms. The summed E-state index contributed by atoms with van der Waals surface area (Å²) >= 11 is 4.62. The summed E-state index contributed by atoms with van der Waals surface area (Å²) in [5, 5.41) is 13.2. The Kier molecular flexibility index (Phi) is 3.28. The number of carbonyl (C=O) groups is 1. The van der Waals surface area contributed by atoms with Crippen molar-refractivity contribution in [3.63, 3.8) is 0 Å². The molecule has 1 aliphatic rings. The molecule has 0 heterocycles. The molecule has 1 saturated carbocycles. The summed E-state index contributed by atoms with van der Waals surface area (Å²) in [6.45, 7) is 3.68. The lowest BCUT2D eigenvalue weighted by atomic mass is 9.88. The fourth-order valence-electron chi connectivity index (χ4n) is 1.88. The summed E-state index contributed by atoms with van der Waals surface area (Å²) < 4.78 is 0. The largest absolute Gasteiger partial charge is 0.481 e. The summed E-state index contributed by atoms with van der Waals surface area (Å²) in [6.07, 6.45) is 1.04. The molecule has 0 aromatic rings. The second-order valence-corrected chi connectivity index (χ2v) is 4.67. The van der Waals surface area contributed by atoms with Crippen LogP contribution in [-0.4, -0.2) is 21.9 Å². The smallest absolute Gasteiger partial charge is 0.309 e. The molecule has 0 aliphatic heterocycles. The van der Waals surface area contributed by atoms with Gasteiger partial charge in [0.1, 0.15) is 0 Å². The van der Waals surface area contributed by atoms with Gasteiger partial charge in [0, 0.05) is 12.1 Å². The summed E-state index contributed by atoms with van der Waals surface area (Å²) in [6, 6.07) is 0. The van der Waals surface area contributed by atoms with E-state index < -0.39 is 11.4 Å². The molecular weight excluding hydrogens is 214 g/mol. The minimum atomic E-state index is -0.783. The number of carboxylic acids is 1. The molecule has 2 atom stereocenters. The maximum Gasteiger partial charge on any atom is 0.309 e. The number of aliphatic carboxylic acids is 1. The number of nitrogens with one attached hydrogen (secondary N) is 1. The fraction of sp³-hybridized carbons (Fsp3) is 0.667. The Morgan fingerprint density at radius 3 is 2.80 bits per heavy atom. The van der Waals surface area contributed by atoms with Crippen molar-refractivity contribution in [3.05, 3.63) is 0 Å². The van der Waals surface area contributed by atoms with Crippen molar-refractivity contribution in [1.29, 1.82) is 0 Å². The van der Waals surface area contributed by atoms with Gasteiger partial charge in [-0.2, -0.15) is 5.10 Å². The zero-order valence-corrected chi connectivity index (χ0v) is 9.60. The number of carboxylic acid groups (broad SMARTS) is 1. The van der Waals surface area contributed by atoms with Gasteiger partial charge in [-0.1, -0.05) is 6.92 Å². The van der Waals surface area contributed by atoms with Crippen LogP contribution in [0.15, 0.2) is 5.10 Å². The molecule has 0 spiro atoms. The third-order valence-electron chi connectivity index (χ3n) is 2.72. The quantitative estimate of drug-likeness (QED) is 0.479. The van der Waals surface area contributed by atoms with Gasteiger partial charge in [0.05, 0.1) is 5.41 Å². The normalized spacial score (nSPS) is 32.9. The second kappa shape index (κ2) is 4.14. The summed E-state index contributed by atoms with van der Waals surface area (Å²) in [7, 11) is 0. The van der Waals surface area contributed by atoms with Crippen molar-refractivity contribution in [3.8, 4) is 0 Å². The van der Waals surface area contributed by atoms with E-state index in [0.717, 1.165) is 5.71 Å². The van der Waals surface area contributed by atoms with Gasteiger partial charge in [-0.15, -0.1) is 0 Å². The minimum Gasteiger partial charge on any atom is -0.481 e. The number of hydrogen-bond donors (Lipinski definition) is 3. The van der Waals surface area contributed by atoms with Gasteiger partial charge in [0.2, 0.25) is 0 Å². The van der Waals surface area contributed by atoms with Crippen LogP contribution in [0.1, 0.15) is 26.7 Å². The highest BCUT2D eigenvalue weighted by atomic mass is 32.1. The van der Waals surface area contributed by atoms with Crippen molar-refractivity contribution in [2.24, 2.45) is 22.2 Å². The maximum atomic E-state index is 11.0. The van der Waals surface area contributed by atoms with Gasteiger partial charge < -0.3 is 10.8 Å². The van der Waals surface area contributed by atoms with E-state index in [1.807, 2.05) is 6.92 Å². The topological polar surface area (TPSA) is 87.7 Å². The van der Waals surface area contributed by atoms with E-state index in [9.17, 15) is 4.79 Å². The third-order valence-corrected chi connectivity index (χ3v) is 2.81. The number of rotatable bonds is 2. The first-order valence-electron chi connectivity index (χ1n) is 4.70. The molecule has 0 unspecified atom stereocenters. The van der Waals surface area contributed by atoms with Crippen LogP contribution in [0.2, 0.25) is 0 Å². The van der Waals surface area contributed by atoms with Gasteiger partial charge in [0.25, 0.3) is 0 Å². The monoisotopic (exact) mass is 229 g/mol. The molecule has 0 aromatic heterocycles. The van der Waals surface area contributed by atoms with Crippen molar-refractivity contribution in [1.82, 2.24) is 5.43 Å². The van der Waals surface area contributed by atoms with Crippen molar-refractivity contribution >= 4 is 29.0 Å². The lowest BCUT2D eigenvalue weighted by molar-refractivity contribution is -0.147. The first kappa shape index (κ1) is 11.9. The van der Waals surface area contributed by atoms with Crippen LogP contribution in [0.3, 0.4) is 0 Å². The van der Waals surface area contributed by atoms with Crippen LogP contribution in [0, 0.1) is 11.3 Å². The van der Waals surface area contributed by atoms with E-state index in [2.05, 4.69) is 22.7 Å². The number of hydrogen-bond acceptors (Lipinski definition) is 3. The van der Waals surface area contributed by atoms with Gasteiger partial charge in [0.15, 0.2) is 5.11 Å². The fourth-order valence-corrected chi connectivity index (χ4v) is 1.92. The average Bonchev–Trinajstić information content (AvgIpc) is 2.39.